The van der Waals surface area contributed by atoms with Crippen LogP contribution in [-0.2, 0) is 22.2 Å². The molecule has 0 fully saturated rings. The quantitative estimate of drug-likeness (QED) is 0.331. The molecule has 1 atom stereocenters. The Morgan fingerprint density at radius 2 is 1.81 bits per heavy atom. The van der Waals surface area contributed by atoms with E-state index in [1.807, 2.05) is 13.0 Å². The van der Waals surface area contributed by atoms with Crippen LogP contribution in [0.1, 0.15) is 72.9 Å². The summed E-state index contributed by atoms with van der Waals surface area (Å²) in [4.78, 5) is 25.1. The number of amides is 2. The first kappa shape index (κ1) is 30.7. The number of carbonyl (C=O) groups excluding carboxylic acids is 2. The maximum atomic E-state index is 13.5. The van der Waals surface area contributed by atoms with Gasteiger partial charge in [-0.05, 0) is 80.1 Å². The Labute approximate surface area is 242 Å². The molecule has 11 heteroatoms. The largest absolute Gasteiger partial charge is 0.444 e. The van der Waals surface area contributed by atoms with Crippen LogP contribution in [0.5, 0.6) is 0 Å². The molecule has 2 N–H and O–H groups in total. The van der Waals surface area contributed by atoms with Gasteiger partial charge in [0.25, 0.3) is 5.91 Å². The minimum atomic E-state index is -4.53. The lowest BCUT2D eigenvalue weighted by Crippen LogP contribution is -2.32. The Morgan fingerprint density at radius 3 is 2.45 bits per heavy atom. The Bertz CT molecular complexity index is 1460. The monoisotopic (exact) mass is 582 g/mol. The summed E-state index contributed by atoms with van der Waals surface area (Å²) in [7, 11) is 0. The van der Waals surface area contributed by atoms with Gasteiger partial charge in [-0.1, -0.05) is 36.4 Å². The van der Waals surface area contributed by atoms with Gasteiger partial charge in [-0.15, -0.1) is 0 Å². The van der Waals surface area contributed by atoms with Crippen molar-refractivity contribution in [1.82, 2.24) is 20.8 Å². The number of alkyl halides is 3. The third-order valence-electron chi connectivity index (χ3n) is 6.54. The molecule has 1 aliphatic heterocycles. The number of nitrogens with zero attached hydrogens (tertiary/aromatic N) is 2. The van der Waals surface area contributed by atoms with Crippen LogP contribution in [0, 0.1) is 0 Å². The zero-order valence-electron chi connectivity index (χ0n) is 23.8. The summed E-state index contributed by atoms with van der Waals surface area (Å²) in [6.07, 6.45) is -1.20. The molecule has 0 saturated carbocycles. The molecule has 222 valence electrons. The molecule has 0 spiro atoms. The Morgan fingerprint density at radius 1 is 1.07 bits per heavy atom. The maximum Gasteiger partial charge on any atom is 0.416 e. The van der Waals surface area contributed by atoms with Gasteiger partial charge in [-0.2, -0.15) is 23.4 Å². The lowest BCUT2D eigenvalue weighted by atomic mass is 9.95. The maximum absolute atomic E-state index is 13.5. The second-order valence-corrected chi connectivity index (χ2v) is 10.9. The number of halogens is 3. The molecule has 4 rings (SSSR count). The van der Waals surface area contributed by atoms with Gasteiger partial charge < -0.3 is 20.1 Å². The van der Waals surface area contributed by atoms with Gasteiger partial charge >= 0.3 is 12.3 Å². The third-order valence-corrected chi connectivity index (χ3v) is 6.54. The fourth-order valence-electron chi connectivity index (χ4n) is 4.38. The van der Waals surface area contributed by atoms with E-state index < -0.39 is 29.5 Å². The predicted molar refractivity (Wildman–Crippen MR) is 151 cm³/mol. The molecule has 2 heterocycles. The van der Waals surface area contributed by atoms with Crippen LogP contribution in [0.3, 0.4) is 0 Å². The van der Waals surface area contributed by atoms with Crippen LogP contribution in [0.15, 0.2) is 60.8 Å². The first-order valence-electron chi connectivity index (χ1n) is 13.5. The van der Waals surface area contributed by atoms with Crippen molar-refractivity contribution in [3.05, 3.63) is 88.8 Å². The van der Waals surface area contributed by atoms with Crippen molar-refractivity contribution in [2.75, 3.05) is 13.2 Å². The van der Waals surface area contributed by atoms with E-state index in [2.05, 4.69) is 20.8 Å². The van der Waals surface area contributed by atoms with Crippen molar-refractivity contribution in [2.45, 2.75) is 58.5 Å². The summed E-state index contributed by atoms with van der Waals surface area (Å²) < 4.78 is 51.2. The smallest absolute Gasteiger partial charge is 0.416 e. The lowest BCUT2D eigenvalue weighted by Gasteiger charge is -2.20. The van der Waals surface area contributed by atoms with Gasteiger partial charge in [0.1, 0.15) is 5.60 Å². The molecule has 2 amide bonds. The molecule has 42 heavy (non-hydrogen) atoms. The van der Waals surface area contributed by atoms with Crippen molar-refractivity contribution < 1.29 is 32.2 Å². The van der Waals surface area contributed by atoms with Crippen molar-refractivity contribution in [3.63, 3.8) is 0 Å². The van der Waals surface area contributed by atoms with Crippen LogP contribution in [0.25, 0.3) is 16.7 Å². The van der Waals surface area contributed by atoms with Crippen molar-refractivity contribution in [3.8, 4) is 11.1 Å². The second kappa shape index (κ2) is 12.7. The highest BCUT2D eigenvalue weighted by Gasteiger charge is 2.31. The Balaban J connectivity index is 1.50. The topological polar surface area (TPSA) is 102 Å². The summed E-state index contributed by atoms with van der Waals surface area (Å²) in [6.45, 7) is 8.01. The molecule has 0 unspecified atom stereocenters. The van der Waals surface area contributed by atoms with Gasteiger partial charge in [-0.25, -0.2) is 4.79 Å². The van der Waals surface area contributed by atoms with E-state index in [9.17, 15) is 22.8 Å². The van der Waals surface area contributed by atoms with E-state index in [-0.39, 0.29) is 12.5 Å². The lowest BCUT2D eigenvalue weighted by molar-refractivity contribution is -0.137. The molecule has 0 bridgehead atoms. The minimum Gasteiger partial charge on any atom is -0.444 e. The van der Waals surface area contributed by atoms with Crippen molar-refractivity contribution in [1.29, 1.82) is 0 Å². The number of alkyl carbamates (subject to hydrolysis) is 1. The molecular formula is C31H33F3N4O4. The number of rotatable bonds is 7. The van der Waals surface area contributed by atoms with Crippen LogP contribution < -0.4 is 10.6 Å². The van der Waals surface area contributed by atoms with E-state index in [1.54, 1.807) is 51.1 Å². The standard InChI is InChI=1S/C31H33F3N4O4/c1-19(37-28(39)24-15-27(38-36-18-24)22-11-13-41-14-12-22)20-5-7-21(8-6-20)26-16-25(31(32,33)34)10-9-23(26)17-35-29(40)42-30(2,3)4/h5-11,15-16,18-19H,12-14,17H2,1-4H3,(H,35,40)(H,37,39)/t19-/m1/s1. The zero-order valence-corrected chi connectivity index (χ0v) is 23.8. The molecular weight excluding hydrogens is 549 g/mol. The molecule has 2 aromatic carbocycles. The fourth-order valence-corrected chi connectivity index (χ4v) is 4.38. The van der Waals surface area contributed by atoms with Gasteiger partial charge in [0.15, 0.2) is 0 Å². The Kier molecular flexibility index (Phi) is 9.30. The number of hydrogen-bond donors (Lipinski definition) is 2. The minimum absolute atomic E-state index is 0.0253. The SMILES string of the molecule is C[C@@H](NC(=O)c1cnnc(C2=CCOCC2)c1)c1ccc(-c2cc(C(F)(F)F)ccc2CNC(=O)OC(C)(C)C)cc1. The van der Waals surface area contributed by atoms with Crippen LogP contribution in [0.2, 0.25) is 0 Å². The summed E-state index contributed by atoms with van der Waals surface area (Å²) in [5.74, 6) is -0.330. The van der Waals surface area contributed by atoms with Gasteiger partial charge in [0.05, 0.1) is 42.3 Å². The number of hydrogen-bond acceptors (Lipinski definition) is 6. The van der Waals surface area contributed by atoms with E-state index >= 15 is 0 Å². The molecule has 0 radical (unpaired) electrons. The summed E-state index contributed by atoms with van der Waals surface area (Å²) in [5.41, 5.74) is 2.54. The highest BCUT2D eigenvalue weighted by molar-refractivity contribution is 5.94. The Hall–Kier alpha value is -4.25. The van der Waals surface area contributed by atoms with Gasteiger partial charge in [-0.3, -0.25) is 4.79 Å². The van der Waals surface area contributed by atoms with Crippen LogP contribution >= 0.6 is 0 Å². The van der Waals surface area contributed by atoms with Crippen molar-refractivity contribution >= 4 is 17.6 Å². The normalized spacial score (nSPS) is 14.5. The predicted octanol–water partition coefficient (Wildman–Crippen LogP) is 6.48. The first-order chi connectivity index (χ1) is 19.8. The van der Waals surface area contributed by atoms with Crippen LogP contribution in [-0.4, -0.2) is 41.0 Å². The second-order valence-electron chi connectivity index (χ2n) is 10.9. The average molecular weight is 583 g/mol. The molecule has 1 aliphatic rings. The number of ether oxygens (including phenoxy) is 2. The zero-order chi connectivity index (χ0) is 30.5. The average Bonchev–Trinajstić information content (AvgIpc) is 2.95. The summed E-state index contributed by atoms with van der Waals surface area (Å²) in [6, 6.07) is 11.6. The van der Waals surface area contributed by atoms with Gasteiger partial charge in [0, 0.05) is 6.54 Å². The van der Waals surface area contributed by atoms with E-state index in [0.29, 0.717) is 47.6 Å². The van der Waals surface area contributed by atoms with E-state index in [4.69, 9.17) is 9.47 Å². The van der Waals surface area contributed by atoms with Crippen molar-refractivity contribution in [2.24, 2.45) is 0 Å². The van der Waals surface area contributed by atoms with E-state index in [1.165, 1.54) is 12.3 Å². The highest BCUT2D eigenvalue weighted by Crippen LogP contribution is 2.34. The number of carbonyl (C=O) groups is 2. The highest BCUT2D eigenvalue weighted by atomic mass is 19.4. The molecule has 0 saturated heterocycles. The van der Waals surface area contributed by atoms with E-state index in [0.717, 1.165) is 23.3 Å². The summed E-state index contributed by atoms with van der Waals surface area (Å²) >= 11 is 0. The molecule has 8 nitrogen and oxygen atoms in total. The fraction of sp³-hybridized carbons (Fsp3) is 0.355. The third kappa shape index (κ3) is 8.16. The molecule has 1 aromatic heterocycles. The van der Waals surface area contributed by atoms with Crippen LogP contribution in [0.4, 0.5) is 18.0 Å². The number of nitrogens with one attached hydrogen (secondary N) is 2. The first-order valence-corrected chi connectivity index (χ1v) is 13.5. The summed E-state index contributed by atoms with van der Waals surface area (Å²) in [5, 5.41) is 13.6. The number of benzene rings is 2. The molecule has 3 aromatic rings. The number of aromatic nitrogens is 2. The van der Waals surface area contributed by atoms with Gasteiger partial charge in [0.2, 0.25) is 0 Å². The molecule has 0 aliphatic carbocycles.